The van der Waals surface area contributed by atoms with Crippen LogP contribution < -0.4 is 9.62 Å². The number of benzene rings is 3. The third-order valence-corrected chi connectivity index (χ3v) is 8.32. The minimum atomic E-state index is -4.08. The zero-order valence-corrected chi connectivity index (χ0v) is 24.2. The Morgan fingerprint density at radius 3 is 2.10 bits per heavy atom. The summed E-state index contributed by atoms with van der Waals surface area (Å²) in [7, 11) is -4.08. The van der Waals surface area contributed by atoms with Gasteiger partial charge >= 0.3 is 0 Å². The summed E-state index contributed by atoms with van der Waals surface area (Å²) in [6.07, 6.45) is 0.931. The molecule has 0 aromatic heterocycles. The van der Waals surface area contributed by atoms with Crippen LogP contribution in [0.5, 0.6) is 0 Å². The van der Waals surface area contributed by atoms with Crippen LogP contribution in [0.15, 0.2) is 83.8 Å². The minimum Gasteiger partial charge on any atom is -0.352 e. The number of sulfonamides is 1. The fourth-order valence-electron chi connectivity index (χ4n) is 4.50. The van der Waals surface area contributed by atoms with Crippen molar-refractivity contribution in [1.29, 1.82) is 0 Å². The molecule has 0 aliphatic carbocycles. The standard InChI is InChI=1S/C31H39N3O4S/c1-6-28(31(36)32-23(2)3)33(20-19-26-13-9-7-10-14-26)30(35)22-34(29-21-24(4)17-18-25(29)5)39(37,38)27-15-11-8-12-16-27/h7-18,21,23,28H,6,19-20,22H2,1-5H3,(H,32,36). The van der Waals surface area contributed by atoms with Gasteiger partial charge in [0, 0.05) is 12.6 Å². The third kappa shape index (κ3) is 7.69. The van der Waals surface area contributed by atoms with E-state index >= 15 is 0 Å². The van der Waals surface area contributed by atoms with E-state index in [1.807, 2.05) is 77.1 Å². The van der Waals surface area contributed by atoms with Gasteiger partial charge in [0.2, 0.25) is 11.8 Å². The molecule has 0 bridgehead atoms. The summed E-state index contributed by atoms with van der Waals surface area (Å²) >= 11 is 0. The van der Waals surface area contributed by atoms with E-state index in [1.165, 1.54) is 21.3 Å². The van der Waals surface area contributed by atoms with Crippen LogP contribution in [0.4, 0.5) is 5.69 Å². The number of carbonyl (C=O) groups excluding carboxylic acids is 2. The number of anilines is 1. The van der Waals surface area contributed by atoms with Crippen LogP contribution in [0, 0.1) is 13.8 Å². The topological polar surface area (TPSA) is 86.8 Å². The molecular weight excluding hydrogens is 510 g/mol. The Morgan fingerprint density at radius 1 is 0.897 bits per heavy atom. The molecule has 0 radical (unpaired) electrons. The summed E-state index contributed by atoms with van der Waals surface area (Å²) < 4.78 is 29.0. The molecule has 1 N–H and O–H groups in total. The smallest absolute Gasteiger partial charge is 0.264 e. The summed E-state index contributed by atoms with van der Waals surface area (Å²) in [5, 5.41) is 2.92. The van der Waals surface area contributed by atoms with Crippen LogP contribution in [-0.4, -0.2) is 50.3 Å². The number of aryl methyl sites for hydroxylation is 2. The summed E-state index contributed by atoms with van der Waals surface area (Å²) in [4.78, 5) is 28.9. The van der Waals surface area contributed by atoms with Crippen LogP contribution in [0.1, 0.15) is 43.9 Å². The summed E-state index contributed by atoms with van der Waals surface area (Å²) in [6.45, 7) is 9.15. The van der Waals surface area contributed by atoms with Gasteiger partial charge in [-0.05, 0) is 75.4 Å². The lowest BCUT2D eigenvalue weighted by Gasteiger charge is -2.34. The van der Waals surface area contributed by atoms with E-state index in [0.29, 0.717) is 18.5 Å². The van der Waals surface area contributed by atoms with Crippen molar-refractivity contribution >= 4 is 27.5 Å². The molecule has 3 aromatic carbocycles. The maximum atomic E-state index is 14.1. The van der Waals surface area contributed by atoms with Crippen molar-refractivity contribution in [3.63, 3.8) is 0 Å². The molecule has 8 heteroatoms. The average Bonchev–Trinajstić information content (AvgIpc) is 2.91. The van der Waals surface area contributed by atoms with E-state index < -0.39 is 28.5 Å². The fourth-order valence-corrected chi connectivity index (χ4v) is 5.99. The van der Waals surface area contributed by atoms with Crippen molar-refractivity contribution in [1.82, 2.24) is 10.2 Å². The van der Waals surface area contributed by atoms with Crippen molar-refractivity contribution in [2.75, 3.05) is 17.4 Å². The number of amides is 2. The van der Waals surface area contributed by atoms with Crippen molar-refractivity contribution in [3.8, 4) is 0 Å². The number of nitrogens with zero attached hydrogens (tertiary/aromatic N) is 2. The first-order valence-corrected chi connectivity index (χ1v) is 14.8. The Morgan fingerprint density at radius 2 is 1.51 bits per heavy atom. The fraction of sp³-hybridized carbons (Fsp3) is 0.355. The highest BCUT2D eigenvalue weighted by Gasteiger charge is 2.34. The number of nitrogens with one attached hydrogen (secondary N) is 1. The lowest BCUT2D eigenvalue weighted by Crippen LogP contribution is -2.54. The Kier molecular flexibility index (Phi) is 10.3. The van der Waals surface area contributed by atoms with Gasteiger partial charge in [0.25, 0.3) is 10.0 Å². The van der Waals surface area contributed by atoms with Crippen LogP contribution in [0.3, 0.4) is 0 Å². The molecular formula is C31H39N3O4S. The normalized spacial score (nSPS) is 12.2. The molecule has 208 valence electrons. The molecule has 0 aliphatic rings. The Balaban J connectivity index is 2.04. The first kappa shape index (κ1) is 29.9. The maximum absolute atomic E-state index is 14.1. The quantitative estimate of drug-likeness (QED) is 0.349. The molecule has 0 fully saturated rings. The first-order valence-electron chi connectivity index (χ1n) is 13.3. The van der Waals surface area contributed by atoms with Crippen LogP contribution in [0.2, 0.25) is 0 Å². The molecule has 3 aromatic rings. The number of carbonyl (C=O) groups is 2. The highest BCUT2D eigenvalue weighted by Crippen LogP contribution is 2.28. The third-order valence-electron chi connectivity index (χ3n) is 6.54. The van der Waals surface area contributed by atoms with Crippen LogP contribution >= 0.6 is 0 Å². The van der Waals surface area contributed by atoms with Crippen molar-refractivity contribution in [3.05, 3.63) is 95.6 Å². The average molecular weight is 550 g/mol. The second-order valence-electron chi connectivity index (χ2n) is 10.0. The number of hydrogen-bond acceptors (Lipinski definition) is 4. The highest BCUT2D eigenvalue weighted by molar-refractivity contribution is 7.92. The van der Waals surface area contributed by atoms with Gasteiger partial charge in [0.15, 0.2) is 0 Å². The van der Waals surface area contributed by atoms with Crippen molar-refractivity contribution < 1.29 is 18.0 Å². The molecule has 0 saturated heterocycles. The molecule has 0 saturated carbocycles. The summed E-state index contributed by atoms with van der Waals surface area (Å²) in [6, 6.07) is 22.5. The number of rotatable bonds is 12. The molecule has 39 heavy (non-hydrogen) atoms. The maximum Gasteiger partial charge on any atom is 0.264 e. The molecule has 3 rings (SSSR count). The second-order valence-corrected chi connectivity index (χ2v) is 11.9. The first-order chi connectivity index (χ1) is 18.5. The predicted octanol–water partition coefficient (Wildman–Crippen LogP) is 4.87. The summed E-state index contributed by atoms with van der Waals surface area (Å²) in [5.41, 5.74) is 3.07. The van der Waals surface area contributed by atoms with Crippen molar-refractivity contribution in [2.45, 2.75) is 64.4 Å². The Labute approximate surface area is 232 Å². The van der Waals surface area contributed by atoms with Gasteiger partial charge in [-0.2, -0.15) is 0 Å². The molecule has 0 heterocycles. The predicted molar refractivity (Wildman–Crippen MR) is 156 cm³/mol. The number of hydrogen-bond donors (Lipinski definition) is 1. The van der Waals surface area contributed by atoms with E-state index in [0.717, 1.165) is 16.7 Å². The molecule has 0 aliphatic heterocycles. The molecule has 0 spiro atoms. The highest BCUT2D eigenvalue weighted by atomic mass is 32.2. The monoisotopic (exact) mass is 549 g/mol. The minimum absolute atomic E-state index is 0.0949. The van der Waals surface area contributed by atoms with Crippen molar-refractivity contribution in [2.24, 2.45) is 0 Å². The van der Waals surface area contributed by atoms with Gasteiger partial charge < -0.3 is 10.2 Å². The zero-order chi connectivity index (χ0) is 28.6. The Hall–Kier alpha value is -3.65. The van der Waals surface area contributed by atoms with Crippen LogP contribution in [-0.2, 0) is 26.0 Å². The van der Waals surface area contributed by atoms with Gasteiger partial charge in [-0.15, -0.1) is 0 Å². The lowest BCUT2D eigenvalue weighted by molar-refractivity contribution is -0.139. The molecule has 1 unspecified atom stereocenters. The largest absolute Gasteiger partial charge is 0.352 e. The van der Waals surface area contributed by atoms with Gasteiger partial charge in [-0.25, -0.2) is 8.42 Å². The van der Waals surface area contributed by atoms with E-state index in [4.69, 9.17) is 0 Å². The van der Waals surface area contributed by atoms with Gasteiger partial charge in [-0.1, -0.05) is 67.6 Å². The second kappa shape index (κ2) is 13.4. The Bertz CT molecular complexity index is 1360. The molecule has 7 nitrogen and oxygen atoms in total. The van der Waals surface area contributed by atoms with E-state index in [2.05, 4.69) is 5.32 Å². The van der Waals surface area contributed by atoms with E-state index in [1.54, 1.807) is 24.3 Å². The van der Waals surface area contributed by atoms with Gasteiger partial charge in [-0.3, -0.25) is 13.9 Å². The lowest BCUT2D eigenvalue weighted by atomic mass is 10.1. The molecule has 1 atom stereocenters. The van der Waals surface area contributed by atoms with Gasteiger partial charge in [0.05, 0.1) is 10.6 Å². The van der Waals surface area contributed by atoms with E-state index in [9.17, 15) is 18.0 Å². The van der Waals surface area contributed by atoms with Crippen LogP contribution in [0.25, 0.3) is 0 Å². The zero-order valence-electron chi connectivity index (χ0n) is 23.4. The molecule has 2 amide bonds. The SMILES string of the molecule is CCC(C(=O)NC(C)C)N(CCc1ccccc1)C(=O)CN(c1cc(C)ccc1C)S(=O)(=O)c1ccccc1. The summed E-state index contributed by atoms with van der Waals surface area (Å²) in [5.74, 6) is -0.685. The van der Waals surface area contributed by atoms with Gasteiger partial charge in [0.1, 0.15) is 12.6 Å². The van der Waals surface area contributed by atoms with E-state index in [-0.39, 0.29) is 23.4 Å².